The van der Waals surface area contributed by atoms with Gasteiger partial charge in [-0.2, -0.15) is 18.3 Å². The molecule has 10 heteroatoms. The van der Waals surface area contributed by atoms with Crippen molar-refractivity contribution in [1.29, 1.82) is 0 Å². The quantitative estimate of drug-likeness (QED) is 0.872. The summed E-state index contributed by atoms with van der Waals surface area (Å²) in [5.74, 6) is 0.519. The normalized spacial score (nSPS) is 19.8. The van der Waals surface area contributed by atoms with Crippen LogP contribution in [0.3, 0.4) is 0 Å². The van der Waals surface area contributed by atoms with Crippen LogP contribution < -0.4 is 10.1 Å². The van der Waals surface area contributed by atoms with Gasteiger partial charge in [-0.3, -0.25) is 9.89 Å². The predicted octanol–water partition coefficient (Wildman–Crippen LogP) is 2.52. The first-order valence-electron chi connectivity index (χ1n) is 7.22. The lowest BCUT2D eigenvalue weighted by molar-refractivity contribution is -0.154. The summed E-state index contributed by atoms with van der Waals surface area (Å²) in [7, 11) is 0. The van der Waals surface area contributed by atoms with Crippen LogP contribution in [-0.2, 0) is 0 Å². The van der Waals surface area contributed by atoms with E-state index in [0.29, 0.717) is 17.7 Å². The lowest BCUT2D eigenvalue weighted by Crippen LogP contribution is -2.20. The van der Waals surface area contributed by atoms with Crippen molar-refractivity contribution in [1.82, 2.24) is 20.4 Å². The Hall–Kier alpha value is -2.65. The van der Waals surface area contributed by atoms with Crippen molar-refractivity contribution in [2.75, 3.05) is 11.9 Å². The number of aromatic nitrogens is 4. The van der Waals surface area contributed by atoms with Crippen molar-refractivity contribution >= 4 is 11.7 Å². The number of aromatic amines is 1. The minimum absolute atomic E-state index is 0.0568. The summed E-state index contributed by atoms with van der Waals surface area (Å²) in [5, 5.41) is 16.4. The molecule has 2 N–H and O–H groups in total. The van der Waals surface area contributed by atoms with Crippen LogP contribution in [0.25, 0.3) is 0 Å². The van der Waals surface area contributed by atoms with Gasteiger partial charge in [0.1, 0.15) is 0 Å². The molecule has 0 radical (unpaired) electrons. The highest BCUT2D eigenvalue weighted by Crippen LogP contribution is 2.46. The molecule has 1 saturated carbocycles. The minimum Gasteiger partial charge on any atom is -0.467 e. The lowest BCUT2D eigenvalue weighted by Gasteiger charge is -2.07. The van der Waals surface area contributed by atoms with Crippen molar-refractivity contribution in [3.8, 4) is 5.88 Å². The van der Waals surface area contributed by atoms with Gasteiger partial charge < -0.3 is 10.1 Å². The number of H-pyrrole nitrogens is 1. The number of amides is 1. The van der Waals surface area contributed by atoms with Gasteiger partial charge in [0.25, 0.3) is 5.91 Å². The van der Waals surface area contributed by atoms with Crippen LogP contribution in [0.1, 0.15) is 35.4 Å². The molecule has 1 aliphatic rings. The van der Waals surface area contributed by atoms with Crippen LogP contribution in [0, 0.1) is 5.92 Å². The maximum atomic E-state index is 12.0. The molecule has 0 spiro atoms. The maximum Gasteiger partial charge on any atom is 0.422 e. The number of nitrogens with one attached hydrogen (secondary N) is 2. The summed E-state index contributed by atoms with van der Waals surface area (Å²) < 4.78 is 40.5. The lowest BCUT2D eigenvalue weighted by atomic mass is 10.2. The number of rotatable bonds is 5. The summed E-state index contributed by atoms with van der Waals surface area (Å²) >= 11 is 0. The second-order valence-electron chi connectivity index (χ2n) is 5.64. The number of anilines is 1. The molecule has 0 bridgehead atoms. The summed E-state index contributed by atoms with van der Waals surface area (Å²) in [5.41, 5.74) is 0.901. The van der Waals surface area contributed by atoms with Crippen molar-refractivity contribution in [2.45, 2.75) is 25.4 Å². The van der Waals surface area contributed by atoms with E-state index in [9.17, 15) is 18.0 Å². The molecule has 7 nitrogen and oxygen atoms in total. The van der Waals surface area contributed by atoms with Crippen molar-refractivity contribution in [3.63, 3.8) is 0 Å². The fraction of sp³-hybridized carbons (Fsp3) is 0.429. The Morgan fingerprint density at radius 3 is 2.75 bits per heavy atom. The largest absolute Gasteiger partial charge is 0.467 e. The van der Waals surface area contributed by atoms with Gasteiger partial charge in [-0.1, -0.05) is 6.92 Å². The van der Waals surface area contributed by atoms with Gasteiger partial charge in [-0.05, 0) is 18.4 Å². The molecular weight excluding hydrogens is 327 g/mol. The number of hydrogen-bond donors (Lipinski definition) is 2. The van der Waals surface area contributed by atoms with Gasteiger partial charge in [0, 0.05) is 23.7 Å². The summed E-state index contributed by atoms with van der Waals surface area (Å²) in [6.45, 7) is 0.657. The van der Waals surface area contributed by atoms with Gasteiger partial charge in [-0.25, -0.2) is 0 Å². The number of ether oxygens (including phenoxy) is 1. The van der Waals surface area contributed by atoms with Gasteiger partial charge >= 0.3 is 6.18 Å². The first-order chi connectivity index (χ1) is 11.3. The molecule has 128 valence electrons. The first kappa shape index (κ1) is 16.2. The van der Waals surface area contributed by atoms with Gasteiger partial charge in [0.15, 0.2) is 18.1 Å². The average Bonchev–Trinajstić information content (AvgIpc) is 3.07. The zero-order valence-corrected chi connectivity index (χ0v) is 12.6. The van der Waals surface area contributed by atoms with Crippen LogP contribution in [0.4, 0.5) is 19.0 Å². The standard InChI is InChI=1S/C14H14F3N5O2/c1-7-4-8(7)10-5-11(21-20-10)18-13(23)9-2-3-12(22-19-9)24-6-14(15,16)17/h2-3,5,7-8H,4,6H2,1H3,(H2,18,20,21,23)/t7-,8-/m0/s1. The van der Waals surface area contributed by atoms with E-state index in [0.717, 1.165) is 18.2 Å². The number of nitrogens with zero attached hydrogens (tertiary/aromatic N) is 3. The predicted molar refractivity (Wildman–Crippen MR) is 76.6 cm³/mol. The van der Waals surface area contributed by atoms with E-state index in [4.69, 9.17) is 0 Å². The molecule has 0 aliphatic heterocycles. The molecule has 1 amide bonds. The Morgan fingerprint density at radius 1 is 1.42 bits per heavy atom. The smallest absolute Gasteiger partial charge is 0.422 e. The van der Waals surface area contributed by atoms with Crippen molar-refractivity contribution < 1.29 is 22.7 Å². The topological polar surface area (TPSA) is 92.8 Å². The van der Waals surface area contributed by atoms with E-state index in [1.165, 1.54) is 6.07 Å². The molecule has 2 atom stereocenters. The Balaban J connectivity index is 1.57. The van der Waals surface area contributed by atoms with E-state index < -0.39 is 18.7 Å². The molecule has 0 unspecified atom stereocenters. The summed E-state index contributed by atoms with van der Waals surface area (Å²) in [4.78, 5) is 12.0. The number of hydrogen-bond acceptors (Lipinski definition) is 5. The Labute approximate surface area is 134 Å². The molecular formula is C14H14F3N5O2. The van der Waals surface area contributed by atoms with Gasteiger partial charge in [0.05, 0.1) is 0 Å². The molecule has 3 rings (SSSR count). The second kappa shape index (κ2) is 6.10. The van der Waals surface area contributed by atoms with Gasteiger partial charge in [0.2, 0.25) is 5.88 Å². The maximum absolute atomic E-state index is 12.0. The van der Waals surface area contributed by atoms with Crippen LogP contribution in [0.2, 0.25) is 0 Å². The highest BCUT2D eigenvalue weighted by atomic mass is 19.4. The van der Waals surface area contributed by atoms with Crippen molar-refractivity contribution in [3.05, 3.63) is 29.6 Å². The number of alkyl halides is 3. The molecule has 2 aromatic rings. The first-order valence-corrected chi connectivity index (χ1v) is 7.22. The molecule has 2 aromatic heterocycles. The summed E-state index contributed by atoms with van der Waals surface area (Å²) in [6.07, 6.45) is -3.38. The van der Waals surface area contributed by atoms with E-state index in [-0.39, 0.29) is 11.6 Å². The third-order valence-electron chi connectivity index (χ3n) is 3.60. The molecule has 24 heavy (non-hydrogen) atoms. The van der Waals surface area contributed by atoms with Crippen LogP contribution in [0.15, 0.2) is 18.2 Å². The van der Waals surface area contributed by atoms with Crippen LogP contribution in [-0.4, -0.2) is 39.1 Å². The number of halogens is 3. The van der Waals surface area contributed by atoms with Gasteiger partial charge in [-0.15, -0.1) is 10.2 Å². The SMILES string of the molecule is C[C@H]1C[C@@H]1c1cc(NC(=O)c2ccc(OCC(F)(F)F)nn2)n[nH]1. The third-order valence-corrected chi connectivity index (χ3v) is 3.60. The van der Waals surface area contributed by atoms with Crippen LogP contribution >= 0.6 is 0 Å². The highest BCUT2D eigenvalue weighted by Gasteiger charge is 2.35. The number of carbonyl (C=O) groups is 1. The molecule has 0 saturated heterocycles. The Morgan fingerprint density at radius 2 is 2.17 bits per heavy atom. The molecule has 1 fully saturated rings. The third kappa shape index (κ3) is 4.00. The van der Waals surface area contributed by atoms with Crippen LogP contribution in [0.5, 0.6) is 5.88 Å². The van der Waals surface area contributed by atoms with E-state index >= 15 is 0 Å². The second-order valence-corrected chi connectivity index (χ2v) is 5.64. The fourth-order valence-electron chi connectivity index (χ4n) is 2.20. The zero-order valence-electron chi connectivity index (χ0n) is 12.6. The number of carbonyl (C=O) groups excluding carboxylic acids is 1. The Bertz CT molecular complexity index is 729. The minimum atomic E-state index is -4.46. The fourth-order valence-corrected chi connectivity index (χ4v) is 2.20. The van der Waals surface area contributed by atoms with E-state index in [2.05, 4.69) is 37.4 Å². The monoisotopic (exact) mass is 341 g/mol. The average molecular weight is 341 g/mol. The van der Waals surface area contributed by atoms with E-state index in [1.807, 2.05) is 0 Å². The summed E-state index contributed by atoms with van der Waals surface area (Å²) in [6, 6.07) is 4.13. The molecule has 2 heterocycles. The highest BCUT2D eigenvalue weighted by molar-refractivity contribution is 6.02. The molecule has 0 aromatic carbocycles. The molecule has 1 aliphatic carbocycles. The van der Waals surface area contributed by atoms with E-state index in [1.54, 1.807) is 6.07 Å². The Kier molecular flexibility index (Phi) is 4.12. The zero-order chi connectivity index (χ0) is 17.3. The van der Waals surface area contributed by atoms with Crippen molar-refractivity contribution in [2.24, 2.45) is 5.92 Å².